The molecule has 4 N–H and O–H groups in total. The van der Waals surface area contributed by atoms with Crippen molar-refractivity contribution < 1.29 is 9.53 Å². The smallest absolute Gasteiger partial charge is 0.271 e. The van der Waals surface area contributed by atoms with E-state index in [1.54, 1.807) is 0 Å². The van der Waals surface area contributed by atoms with Gasteiger partial charge in [-0.15, -0.1) is 0 Å². The number of likely N-dealkylation sites (N-methyl/N-ethyl adjacent to an activating group) is 1. The molecule has 11 heteroatoms. The van der Waals surface area contributed by atoms with E-state index < -0.39 is 5.91 Å². The number of hydrogen-bond donors (Lipinski definition) is 3. The second kappa shape index (κ2) is 12.1. The Labute approximate surface area is 257 Å². The molecule has 2 aromatic carbocycles. The highest BCUT2D eigenvalue weighted by atomic mass is 16.5. The van der Waals surface area contributed by atoms with Crippen LogP contribution in [0.25, 0.3) is 21.9 Å². The van der Waals surface area contributed by atoms with Gasteiger partial charge in [0, 0.05) is 86.7 Å². The number of amides is 1. The second-order valence-corrected chi connectivity index (χ2v) is 12.3. The minimum absolute atomic E-state index is 0.0459. The van der Waals surface area contributed by atoms with Crippen molar-refractivity contribution >= 4 is 45.0 Å². The maximum Gasteiger partial charge on any atom is 0.271 e. The van der Waals surface area contributed by atoms with E-state index in [4.69, 9.17) is 25.8 Å². The second-order valence-electron chi connectivity index (χ2n) is 12.3. The van der Waals surface area contributed by atoms with Crippen molar-refractivity contribution in [2.75, 3.05) is 69.7 Å². The largest absolute Gasteiger partial charge is 0.381 e. The summed E-state index contributed by atoms with van der Waals surface area (Å²) in [6.45, 7) is 7.99. The number of fused-ring (bicyclic) bond motifs is 3. The molecule has 0 saturated carbocycles. The zero-order valence-corrected chi connectivity index (χ0v) is 25.3. The Bertz CT molecular complexity index is 1720. The summed E-state index contributed by atoms with van der Waals surface area (Å²) >= 11 is 0. The monoisotopic (exact) mass is 595 g/mol. The predicted octanol–water partition coefficient (Wildman–Crippen LogP) is 3.47. The van der Waals surface area contributed by atoms with Gasteiger partial charge in [0.1, 0.15) is 11.0 Å². The number of nitrogens with two attached hydrogens (primary N) is 1. The Balaban J connectivity index is 1.16. The molecule has 0 aliphatic carbocycles. The van der Waals surface area contributed by atoms with Crippen molar-refractivity contribution in [2.45, 2.75) is 37.8 Å². The first kappa shape index (κ1) is 28.7. The number of carbonyl (C=O) groups excluding carboxylic acids is 1. The van der Waals surface area contributed by atoms with Crippen LogP contribution < -0.4 is 21.4 Å². The number of piperazine rings is 1. The third kappa shape index (κ3) is 5.51. The number of benzene rings is 2. The van der Waals surface area contributed by atoms with E-state index in [0.29, 0.717) is 41.7 Å². The summed E-state index contributed by atoms with van der Waals surface area (Å²) in [6.07, 6.45) is 3.91. The van der Waals surface area contributed by atoms with Crippen molar-refractivity contribution in [1.82, 2.24) is 24.3 Å². The Morgan fingerprint density at radius 1 is 0.886 bits per heavy atom. The predicted molar refractivity (Wildman–Crippen MR) is 173 cm³/mol. The SMILES string of the molecule is CN1CCN(C2CCN(c3ccc(Nc4nc5c(nc4C(N)=O)c4ccccc4c(=N)n5C4CCOCC4)cc3)CC2)CC1. The molecule has 0 atom stereocenters. The Morgan fingerprint density at radius 3 is 2.25 bits per heavy atom. The van der Waals surface area contributed by atoms with Crippen LogP contribution in [0.1, 0.15) is 42.2 Å². The first-order valence-corrected chi connectivity index (χ1v) is 15.8. The lowest BCUT2D eigenvalue weighted by Crippen LogP contribution is -2.52. The molecule has 44 heavy (non-hydrogen) atoms. The number of ether oxygens (including phenoxy) is 1. The highest BCUT2D eigenvalue weighted by Crippen LogP contribution is 2.30. The van der Waals surface area contributed by atoms with E-state index in [1.165, 1.54) is 31.6 Å². The molecule has 3 saturated heterocycles. The summed E-state index contributed by atoms with van der Waals surface area (Å²) < 4.78 is 7.57. The van der Waals surface area contributed by atoms with Crippen LogP contribution in [-0.4, -0.2) is 95.8 Å². The van der Waals surface area contributed by atoms with Gasteiger partial charge in [0.25, 0.3) is 5.91 Å². The minimum atomic E-state index is -0.654. The van der Waals surface area contributed by atoms with Crippen LogP contribution in [0.4, 0.5) is 17.2 Å². The van der Waals surface area contributed by atoms with Crippen LogP contribution >= 0.6 is 0 Å². The maximum absolute atomic E-state index is 12.7. The van der Waals surface area contributed by atoms with Gasteiger partial charge in [0.2, 0.25) is 0 Å². The molecule has 0 radical (unpaired) electrons. The number of nitrogens with one attached hydrogen (secondary N) is 2. The fourth-order valence-electron chi connectivity index (χ4n) is 7.03. The van der Waals surface area contributed by atoms with Crippen molar-refractivity contribution in [3.05, 3.63) is 59.7 Å². The number of hydrogen-bond acceptors (Lipinski definition) is 9. The topological polar surface area (TPSA) is 129 Å². The van der Waals surface area contributed by atoms with Gasteiger partial charge >= 0.3 is 0 Å². The average molecular weight is 596 g/mol. The van der Waals surface area contributed by atoms with Crippen molar-refractivity contribution in [3.8, 4) is 0 Å². The number of pyridine rings is 1. The lowest BCUT2D eigenvalue weighted by atomic mass is 10.0. The normalized spacial score (nSPS) is 19.5. The van der Waals surface area contributed by atoms with Gasteiger partial charge in [-0.1, -0.05) is 24.3 Å². The average Bonchev–Trinajstić information content (AvgIpc) is 3.06. The van der Waals surface area contributed by atoms with E-state index in [9.17, 15) is 4.79 Å². The van der Waals surface area contributed by atoms with E-state index >= 15 is 0 Å². The summed E-state index contributed by atoms with van der Waals surface area (Å²) in [5.41, 5.74) is 9.43. The molecule has 1 amide bonds. The van der Waals surface area contributed by atoms with Crippen LogP contribution in [-0.2, 0) is 4.74 Å². The molecule has 0 spiro atoms. The Morgan fingerprint density at radius 2 is 1.57 bits per heavy atom. The lowest BCUT2D eigenvalue weighted by molar-refractivity contribution is 0.0695. The highest BCUT2D eigenvalue weighted by Gasteiger charge is 2.27. The fraction of sp³-hybridized carbons (Fsp3) is 0.455. The van der Waals surface area contributed by atoms with E-state index in [0.717, 1.165) is 55.5 Å². The number of primary amides is 1. The van der Waals surface area contributed by atoms with Crippen LogP contribution in [0, 0.1) is 5.41 Å². The molecule has 7 rings (SSSR count). The number of aromatic nitrogens is 3. The first-order valence-electron chi connectivity index (χ1n) is 15.8. The summed E-state index contributed by atoms with van der Waals surface area (Å²) in [6, 6.07) is 16.7. The molecular formula is C33H41N9O2. The van der Waals surface area contributed by atoms with Crippen LogP contribution in [0.3, 0.4) is 0 Å². The summed E-state index contributed by atoms with van der Waals surface area (Å²) in [5.74, 6) is -0.361. The number of nitrogens with zero attached hydrogens (tertiary/aromatic N) is 6. The summed E-state index contributed by atoms with van der Waals surface area (Å²) in [4.78, 5) is 30.0. The highest BCUT2D eigenvalue weighted by molar-refractivity contribution is 6.05. The zero-order chi connectivity index (χ0) is 30.2. The minimum Gasteiger partial charge on any atom is -0.381 e. The number of anilines is 3. The van der Waals surface area contributed by atoms with Crippen LogP contribution in [0.5, 0.6) is 0 Å². The third-order valence-corrected chi connectivity index (χ3v) is 9.59. The first-order chi connectivity index (χ1) is 21.5. The molecular weight excluding hydrogens is 554 g/mol. The molecule has 2 aromatic heterocycles. The molecule has 3 aliphatic rings. The maximum atomic E-state index is 12.7. The summed E-state index contributed by atoms with van der Waals surface area (Å²) in [7, 11) is 2.21. The van der Waals surface area contributed by atoms with Gasteiger partial charge in [0.15, 0.2) is 17.2 Å². The lowest BCUT2D eigenvalue weighted by Gasteiger charge is -2.42. The number of rotatable bonds is 6. The summed E-state index contributed by atoms with van der Waals surface area (Å²) in [5, 5.41) is 14.0. The molecule has 11 nitrogen and oxygen atoms in total. The van der Waals surface area contributed by atoms with E-state index in [-0.39, 0.29) is 11.7 Å². The quantitative estimate of drug-likeness (QED) is 0.289. The molecule has 3 fully saturated rings. The van der Waals surface area contributed by atoms with E-state index in [1.807, 2.05) is 41.0 Å². The van der Waals surface area contributed by atoms with Crippen LogP contribution in [0.2, 0.25) is 0 Å². The van der Waals surface area contributed by atoms with Gasteiger partial charge in [0.05, 0.1) is 0 Å². The molecule has 0 unspecified atom stereocenters. The van der Waals surface area contributed by atoms with Gasteiger partial charge in [-0.05, 0) is 57.0 Å². The van der Waals surface area contributed by atoms with Gasteiger partial charge < -0.3 is 30.2 Å². The Hall–Kier alpha value is -4.06. The molecule has 230 valence electrons. The Kier molecular flexibility index (Phi) is 7.92. The van der Waals surface area contributed by atoms with Crippen molar-refractivity contribution in [2.24, 2.45) is 5.73 Å². The van der Waals surface area contributed by atoms with Gasteiger partial charge in [-0.3, -0.25) is 15.1 Å². The zero-order valence-electron chi connectivity index (χ0n) is 25.3. The number of carbonyl (C=O) groups is 1. The third-order valence-electron chi connectivity index (χ3n) is 9.59. The fourth-order valence-corrected chi connectivity index (χ4v) is 7.03. The van der Waals surface area contributed by atoms with Crippen molar-refractivity contribution in [1.29, 1.82) is 5.41 Å². The van der Waals surface area contributed by atoms with E-state index in [2.05, 4.69) is 39.2 Å². The molecule has 4 aromatic rings. The van der Waals surface area contributed by atoms with Gasteiger partial charge in [-0.2, -0.15) is 0 Å². The molecule has 0 bridgehead atoms. The van der Waals surface area contributed by atoms with Gasteiger partial charge in [-0.25, -0.2) is 9.97 Å². The standard InChI is InChI=1S/C33H41N9O2/c1-39-16-18-41(19-17-39)24-10-14-40(15-11-24)23-8-6-22(7-9-23)36-32-29(31(35)43)37-28-26-4-2-3-5-27(26)30(34)42(33(28)38-32)25-12-20-44-21-13-25/h2-9,24-25,34H,10-21H2,1H3,(H2,35,43)(H,36,38). The van der Waals surface area contributed by atoms with Crippen LogP contribution in [0.15, 0.2) is 48.5 Å². The van der Waals surface area contributed by atoms with Crippen molar-refractivity contribution in [3.63, 3.8) is 0 Å². The molecule has 3 aliphatic heterocycles. The number of piperidine rings is 1. The molecule has 5 heterocycles.